The third-order valence-electron chi connectivity index (χ3n) is 2.31. The number of nitrogens with one attached hydrogen (secondary N) is 2. The summed E-state index contributed by atoms with van der Waals surface area (Å²) >= 11 is 0. The van der Waals surface area contributed by atoms with E-state index in [9.17, 15) is 4.79 Å². The predicted molar refractivity (Wildman–Crippen MR) is 67.9 cm³/mol. The van der Waals surface area contributed by atoms with Crippen LogP contribution in [0.1, 0.15) is 25.8 Å². The van der Waals surface area contributed by atoms with Crippen molar-refractivity contribution in [2.24, 2.45) is 5.73 Å². The molecule has 6 nitrogen and oxygen atoms in total. The lowest BCUT2D eigenvalue weighted by Gasteiger charge is -2.13. The van der Waals surface area contributed by atoms with Crippen LogP contribution in [0.2, 0.25) is 0 Å². The van der Waals surface area contributed by atoms with E-state index in [1.54, 1.807) is 0 Å². The fourth-order valence-electron chi connectivity index (χ4n) is 1.52. The summed E-state index contributed by atoms with van der Waals surface area (Å²) in [6, 6.07) is 0. The van der Waals surface area contributed by atoms with E-state index in [2.05, 4.69) is 20.6 Å². The Labute approximate surface area is 101 Å². The third-order valence-corrected chi connectivity index (χ3v) is 2.31. The van der Waals surface area contributed by atoms with Crippen molar-refractivity contribution in [3.63, 3.8) is 0 Å². The van der Waals surface area contributed by atoms with Gasteiger partial charge in [-0.05, 0) is 13.3 Å². The van der Waals surface area contributed by atoms with Crippen molar-refractivity contribution < 1.29 is 4.79 Å². The summed E-state index contributed by atoms with van der Waals surface area (Å²) < 4.78 is 0. The van der Waals surface area contributed by atoms with Crippen molar-refractivity contribution >= 4 is 17.5 Å². The minimum absolute atomic E-state index is 0.295. The van der Waals surface area contributed by atoms with Crippen LogP contribution in [0, 0.1) is 0 Å². The Morgan fingerprint density at radius 1 is 1.29 bits per heavy atom. The van der Waals surface area contributed by atoms with E-state index < -0.39 is 0 Å². The van der Waals surface area contributed by atoms with Gasteiger partial charge in [0.2, 0.25) is 5.91 Å². The first-order chi connectivity index (χ1) is 8.19. The quantitative estimate of drug-likeness (QED) is 0.651. The van der Waals surface area contributed by atoms with Crippen LogP contribution >= 0.6 is 0 Å². The first-order valence-electron chi connectivity index (χ1n) is 5.78. The smallest absolute Gasteiger partial charge is 0.219 e. The maximum absolute atomic E-state index is 10.7. The topological polar surface area (TPSA) is 92.9 Å². The molecule has 0 aliphatic carbocycles. The summed E-state index contributed by atoms with van der Waals surface area (Å²) in [5, 5.41) is 6.29. The fraction of sp³-hybridized carbons (Fsp3) is 0.545. The average molecular weight is 237 g/mol. The van der Waals surface area contributed by atoms with E-state index in [0.717, 1.165) is 30.2 Å². The molecular weight excluding hydrogens is 218 g/mol. The zero-order chi connectivity index (χ0) is 12.7. The Hall–Kier alpha value is -1.85. The molecule has 0 aliphatic rings. The summed E-state index contributed by atoms with van der Waals surface area (Å²) in [4.78, 5) is 19.0. The van der Waals surface area contributed by atoms with Gasteiger partial charge in [-0.25, -0.2) is 9.97 Å². The molecule has 1 heterocycles. The molecule has 6 heteroatoms. The van der Waals surface area contributed by atoms with Gasteiger partial charge in [-0.3, -0.25) is 4.79 Å². The van der Waals surface area contributed by atoms with Crippen molar-refractivity contribution in [3.05, 3.63) is 11.9 Å². The zero-order valence-electron chi connectivity index (χ0n) is 10.3. The van der Waals surface area contributed by atoms with Gasteiger partial charge < -0.3 is 16.4 Å². The molecule has 0 bridgehead atoms. The number of amides is 1. The minimum Gasteiger partial charge on any atom is -0.370 e. The fourth-order valence-corrected chi connectivity index (χ4v) is 1.52. The summed E-state index contributed by atoms with van der Waals surface area (Å²) in [6.07, 6.45) is 2.62. The highest BCUT2D eigenvalue weighted by Gasteiger charge is 2.08. The number of aromatic nitrogens is 2. The second kappa shape index (κ2) is 6.67. The van der Waals surface area contributed by atoms with Crippen LogP contribution in [0.25, 0.3) is 0 Å². The van der Waals surface area contributed by atoms with Crippen molar-refractivity contribution in [2.75, 3.05) is 23.7 Å². The van der Waals surface area contributed by atoms with Crippen molar-refractivity contribution in [1.29, 1.82) is 0 Å². The molecular formula is C11H19N5O. The predicted octanol–water partition coefficient (Wildman–Crippen LogP) is 0.758. The van der Waals surface area contributed by atoms with Crippen molar-refractivity contribution in [1.82, 2.24) is 9.97 Å². The number of carbonyl (C=O) groups is 1. The molecule has 1 aromatic rings. The third kappa shape index (κ3) is 3.90. The number of hydrogen-bond acceptors (Lipinski definition) is 5. The summed E-state index contributed by atoms with van der Waals surface area (Å²) in [5.74, 6) is 1.28. The van der Waals surface area contributed by atoms with Gasteiger partial charge >= 0.3 is 0 Å². The van der Waals surface area contributed by atoms with Crippen LogP contribution in [-0.4, -0.2) is 29.0 Å². The molecule has 0 aromatic carbocycles. The summed E-state index contributed by atoms with van der Waals surface area (Å²) in [5.41, 5.74) is 6.11. The maximum Gasteiger partial charge on any atom is 0.219 e. The highest BCUT2D eigenvalue weighted by molar-refractivity contribution is 5.74. The number of carbonyl (C=O) groups excluding carboxylic acids is 1. The van der Waals surface area contributed by atoms with E-state index in [1.807, 2.05) is 13.8 Å². The largest absolute Gasteiger partial charge is 0.370 e. The van der Waals surface area contributed by atoms with Gasteiger partial charge in [-0.2, -0.15) is 0 Å². The molecule has 0 aliphatic heterocycles. The Balaban J connectivity index is 2.76. The van der Waals surface area contributed by atoms with E-state index in [-0.39, 0.29) is 5.91 Å². The van der Waals surface area contributed by atoms with E-state index >= 15 is 0 Å². The number of nitrogens with two attached hydrogens (primary N) is 1. The van der Waals surface area contributed by atoms with Gasteiger partial charge in [0.05, 0.1) is 0 Å². The second-order valence-electron chi connectivity index (χ2n) is 3.58. The van der Waals surface area contributed by atoms with E-state index in [1.165, 1.54) is 6.33 Å². The molecule has 0 saturated carbocycles. The molecule has 0 saturated heterocycles. The van der Waals surface area contributed by atoms with Gasteiger partial charge in [0.25, 0.3) is 0 Å². The highest BCUT2D eigenvalue weighted by atomic mass is 16.1. The number of primary amides is 1. The standard InChI is InChI=1S/C11H19N5O/c1-3-8-10(13-4-2)15-7-16-11(8)14-6-5-9(12)17/h7H,3-6H2,1-2H3,(H2,12,17)(H2,13,14,15,16). The first-order valence-corrected chi connectivity index (χ1v) is 5.78. The van der Waals surface area contributed by atoms with Gasteiger partial charge in [0, 0.05) is 25.1 Å². The molecule has 1 rings (SSSR count). The first kappa shape index (κ1) is 13.2. The van der Waals surface area contributed by atoms with Crippen LogP contribution < -0.4 is 16.4 Å². The number of hydrogen-bond donors (Lipinski definition) is 3. The summed E-state index contributed by atoms with van der Waals surface area (Å²) in [6.45, 7) is 5.36. The average Bonchev–Trinajstić information content (AvgIpc) is 2.29. The van der Waals surface area contributed by atoms with Crippen LogP contribution in [-0.2, 0) is 11.2 Å². The molecule has 0 radical (unpaired) electrons. The monoisotopic (exact) mass is 237 g/mol. The molecule has 0 spiro atoms. The van der Waals surface area contributed by atoms with Gasteiger partial charge in [0.15, 0.2) is 0 Å². The summed E-state index contributed by atoms with van der Waals surface area (Å²) in [7, 11) is 0. The molecule has 1 amide bonds. The van der Waals surface area contributed by atoms with Gasteiger partial charge in [-0.15, -0.1) is 0 Å². The van der Waals surface area contributed by atoms with Crippen LogP contribution in [0.5, 0.6) is 0 Å². The molecule has 1 aromatic heterocycles. The van der Waals surface area contributed by atoms with Crippen molar-refractivity contribution in [2.45, 2.75) is 26.7 Å². The lowest BCUT2D eigenvalue weighted by molar-refractivity contribution is -0.117. The van der Waals surface area contributed by atoms with Crippen LogP contribution in [0.3, 0.4) is 0 Å². The Kier molecular flexibility index (Phi) is 5.19. The molecule has 17 heavy (non-hydrogen) atoms. The minimum atomic E-state index is -0.323. The molecule has 0 atom stereocenters. The lowest BCUT2D eigenvalue weighted by Crippen LogP contribution is -2.17. The molecule has 0 unspecified atom stereocenters. The van der Waals surface area contributed by atoms with Crippen LogP contribution in [0.4, 0.5) is 11.6 Å². The Morgan fingerprint density at radius 2 is 1.94 bits per heavy atom. The van der Waals surface area contributed by atoms with Crippen LogP contribution in [0.15, 0.2) is 6.33 Å². The van der Waals surface area contributed by atoms with Gasteiger partial charge in [0.1, 0.15) is 18.0 Å². The van der Waals surface area contributed by atoms with E-state index in [0.29, 0.717) is 13.0 Å². The number of rotatable bonds is 7. The highest BCUT2D eigenvalue weighted by Crippen LogP contribution is 2.19. The van der Waals surface area contributed by atoms with E-state index in [4.69, 9.17) is 5.73 Å². The Morgan fingerprint density at radius 3 is 2.47 bits per heavy atom. The maximum atomic E-state index is 10.7. The molecule has 94 valence electrons. The normalized spacial score (nSPS) is 10.0. The number of nitrogens with zero attached hydrogens (tertiary/aromatic N) is 2. The lowest BCUT2D eigenvalue weighted by atomic mass is 10.2. The SMILES string of the molecule is CCNc1ncnc(NCCC(N)=O)c1CC. The van der Waals surface area contributed by atoms with Gasteiger partial charge in [-0.1, -0.05) is 6.92 Å². The molecule has 4 N–H and O–H groups in total. The Bertz CT molecular complexity index is 380. The number of anilines is 2. The molecule has 0 fully saturated rings. The van der Waals surface area contributed by atoms with Crippen molar-refractivity contribution in [3.8, 4) is 0 Å². The zero-order valence-corrected chi connectivity index (χ0v) is 10.3. The second-order valence-corrected chi connectivity index (χ2v) is 3.58.